The van der Waals surface area contributed by atoms with Crippen molar-refractivity contribution in [3.8, 4) is 11.3 Å². The minimum Gasteiger partial charge on any atom is -0.394 e. The van der Waals surface area contributed by atoms with Crippen molar-refractivity contribution in [2.45, 2.75) is 18.9 Å². The lowest BCUT2D eigenvalue weighted by Gasteiger charge is -2.21. The average molecular weight is 306 g/mol. The third kappa shape index (κ3) is 2.80. The van der Waals surface area contributed by atoms with E-state index in [0.29, 0.717) is 23.0 Å². The molecule has 2 N–H and O–H groups in total. The molecule has 0 unspecified atom stereocenters. The van der Waals surface area contributed by atoms with Crippen LogP contribution in [0.3, 0.4) is 0 Å². The number of rotatable bonds is 3. The van der Waals surface area contributed by atoms with E-state index < -0.39 is 0 Å². The van der Waals surface area contributed by atoms with Gasteiger partial charge in [-0.2, -0.15) is 5.10 Å². The summed E-state index contributed by atoms with van der Waals surface area (Å²) in [6.07, 6.45) is 1.77. The average Bonchev–Trinajstić information content (AvgIpc) is 3.16. The van der Waals surface area contributed by atoms with Gasteiger partial charge in [-0.15, -0.1) is 0 Å². The Kier molecular flexibility index (Phi) is 3.94. The zero-order valence-electron chi connectivity index (χ0n) is 11.4. The predicted octanol–water partition coefficient (Wildman–Crippen LogP) is 2.33. The smallest absolute Gasteiger partial charge is 0.272 e. The van der Waals surface area contributed by atoms with Crippen LogP contribution in [0.1, 0.15) is 23.3 Å². The molecule has 0 spiro atoms. The first-order valence-corrected chi connectivity index (χ1v) is 7.30. The summed E-state index contributed by atoms with van der Waals surface area (Å²) in [5.41, 5.74) is 2.05. The predicted molar refractivity (Wildman–Crippen MR) is 80.2 cm³/mol. The van der Waals surface area contributed by atoms with Crippen molar-refractivity contribution in [1.29, 1.82) is 0 Å². The standard InChI is InChI=1S/C15H16ClN3O2/c16-11-5-3-10(4-6-11)13-8-14(18-17-13)15(21)19-7-1-2-12(19)9-20/h3-6,8,12,20H,1-2,7,9H2,(H,17,18)/t12-/m1/s1. The Bertz CT molecular complexity index is 639. The summed E-state index contributed by atoms with van der Waals surface area (Å²) in [7, 11) is 0. The van der Waals surface area contributed by atoms with E-state index in [0.717, 1.165) is 18.4 Å². The summed E-state index contributed by atoms with van der Waals surface area (Å²) in [5, 5.41) is 16.9. The number of nitrogens with zero attached hydrogens (tertiary/aromatic N) is 2. The van der Waals surface area contributed by atoms with E-state index in [1.54, 1.807) is 23.1 Å². The second-order valence-corrected chi connectivity index (χ2v) is 5.59. The van der Waals surface area contributed by atoms with Crippen molar-refractivity contribution >= 4 is 17.5 Å². The van der Waals surface area contributed by atoms with Crippen LogP contribution in [0.15, 0.2) is 30.3 Å². The van der Waals surface area contributed by atoms with Gasteiger partial charge >= 0.3 is 0 Å². The highest BCUT2D eigenvalue weighted by atomic mass is 35.5. The van der Waals surface area contributed by atoms with Crippen molar-refractivity contribution in [3.63, 3.8) is 0 Å². The van der Waals surface area contributed by atoms with Gasteiger partial charge < -0.3 is 10.0 Å². The Balaban J connectivity index is 1.81. The van der Waals surface area contributed by atoms with Gasteiger partial charge in [-0.3, -0.25) is 9.89 Å². The van der Waals surface area contributed by atoms with Crippen LogP contribution in [0, 0.1) is 0 Å². The van der Waals surface area contributed by atoms with Gasteiger partial charge in [-0.1, -0.05) is 23.7 Å². The van der Waals surface area contributed by atoms with Crippen LogP contribution in [0.2, 0.25) is 5.02 Å². The molecule has 0 saturated carbocycles. The van der Waals surface area contributed by atoms with Crippen LogP contribution in [0.25, 0.3) is 11.3 Å². The Morgan fingerprint density at radius 3 is 2.90 bits per heavy atom. The molecule has 1 atom stereocenters. The Morgan fingerprint density at radius 2 is 2.19 bits per heavy atom. The highest BCUT2D eigenvalue weighted by Crippen LogP contribution is 2.23. The largest absolute Gasteiger partial charge is 0.394 e. The van der Waals surface area contributed by atoms with E-state index in [-0.39, 0.29) is 18.6 Å². The summed E-state index contributed by atoms with van der Waals surface area (Å²) in [5.74, 6) is -0.112. The molecule has 0 radical (unpaired) electrons. The zero-order chi connectivity index (χ0) is 14.8. The fourth-order valence-corrected chi connectivity index (χ4v) is 2.77. The van der Waals surface area contributed by atoms with Crippen LogP contribution >= 0.6 is 11.6 Å². The number of benzene rings is 1. The minimum atomic E-state index is -0.112. The maximum Gasteiger partial charge on any atom is 0.272 e. The number of carbonyl (C=O) groups excluding carboxylic acids is 1. The summed E-state index contributed by atoms with van der Waals surface area (Å²) in [6.45, 7) is 0.684. The maximum atomic E-state index is 12.4. The minimum absolute atomic E-state index is 0.00389. The van der Waals surface area contributed by atoms with Crippen molar-refractivity contribution in [3.05, 3.63) is 41.0 Å². The molecule has 1 aliphatic heterocycles. The van der Waals surface area contributed by atoms with Gasteiger partial charge in [0.15, 0.2) is 0 Å². The number of amides is 1. The van der Waals surface area contributed by atoms with Crippen LogP contribution in [-0.4, -0.2) is 45.3 Å². The first-order chi connectivity index (χ1) is 10.2. The molecule has 5 nitrogen and oxygen atoms in total. The highest BCUT2D eigenvalue weighted by Gasteiger charge is 2.29. The molecule has 1 aromatic carbocycles. The summed E-state index contributed by atoms with van der Waals surface area (Å²) in [4.78, 5) is 14.1. The third-order valence-corrected chi connectivity index (χ3v) is 4.05. The third-order valence-electron chi connectivity index (χ3n) is 3.80. The first kappa shape index (κ1) is 14.1. The molecule has 1 aromatic heterocycles. The monoisotopic (exact) mass is 305 g/mol. The van der Waals surface area contributed by atoms with E-state index >= 15 is 0 Å². The van der Waals surface area contributed by atoms with Gasteiger partial charge in [0.25, 0.3) is 5.91 Å². The number of H-pyrrole nitrogens is 1. The van der Waals surface area contributed by atoms with Crippen LogP contribution in [-0.2, 0) is 0 Å². The van der Waals surface area contributed by atoms with Gasteiger partial charge in [-0.25, -0.2) is 0 Å². The van der Waals surface area contributed by atoms with Crippen molar-refractivity contribution in [1.82, 2.24) is 15.1 Å². The number of likely N-dealkylation sites (tertiary alicyclic amines) is 1. The molecule has 6 heteroatoms. The van der Waals surface area contributed by atoms with E-state index in [1.165, 1.54) is 0 Å². The Morgan fingerprint density at radius 1 is 1.43 bits per heavy atom. The fraction of sp³-hybridized carbons (Fsp3) is 0.333. The lowest BCUT2D eigenvalue weighted by atomic mass is 10.1. The number of hydrogen-bond acceptors (Lipinski definition) is 3. The Labute approximate surface area is 127 Å². The molecule has 1 aliphatic rings. The van der Waals surface area contributed by atoms with Gasteiger partial charge in [-0.05, 0) is 31.0 Å². The number of hydrogen-bond donors (Lipinski definition) is 2. The number of nitrogens with one attached hydrogen (secondary N) is 1. The van der Waals surface area contributed by atoms with Crippen molar-refractivity contribution in [2.75, 3.05) is 13.2 Å². The summed E-state index contributed by atoms with van der Waals surface area (Å²) >= 11 is 5.86. The quantitative estimate of drug-likeness (QED) is 0.914. The van der Waals surface area contributed by atoms with Crippen LogP contribution in [0.5, 0.6) is 0 Å². The molecule has 2 aromatic rings. The number of aromatic nitrogens is 2. The molecule has 3 rings (SSSR count). The van der Waals surface area contributed by atoms with Crippen molar-refractivity contribution < 1.29 is 9.90 Å². The van der Waals surface area contributed by atoms with Gasteiger partial charge in [0.2, 0.25) is 0 Å². The van der Waals surface area contributed by atoms with Crippen LogP contribution in [0.4, 0.5) is 0 Å². The SMILES string of the molecule is O=C(c1cc(-c2ccc(Cl)cc2)n[nH]1)N1CCC[C@@H]1CO. The lowest BCUT2D eigenvalue weighted by molar-refractivity contribution is 0.0671. The molecule has 21 heavy (non-hydrogen) atoms. The number of aliphatic hydroxyl groups is 1. The van der Waals surface area contributed by atoms with E-state index in [1.807, 2.05) is 12.1 Å². The molecular formula is C15H16ClN3O2. The van der Waals surface area contributed by atoms with Gasteiger partial charge in [0.1, 0.15) is 5.69 Å². The molecule has 2 heterocycles. The molecule has 0 bridgehead atoms. The number of aromatic amines is 1. The highest BCUT2D eigenvalue weighted by molar-refractivity contribution is 6.30. The Hall–Kier alpha value is -1.85. The normalized spacial score (nSPS) is 18.2. The lowest BCUT2D eigenvalue weighted by Crippen LogP contribution is -2.37. The molecule has 1 amide bonds. The molecule has 1 fully saturated rings. The van der Waals surface area contributed by atoms with Crippen LogP contribution < -0.4 is 0 Å². The van der Waals surface area contributed by atoms with Crippen molar-refractivity contribution in [2.24, 2.45) is 0 Å². The van der Waals surface area contributed by atoms with E-state index in [9.17, 15) is 9.90 Å². The first-order valence-electron chi connectivity index (χ1n) is 6.92. The molecular weight excluding hydrogens is 290 g/mol. The van der Waals surface area contributed by atoms with Gasteiger partial charge in [0.05, 0.1) is 18.3 Å². The van der Waals surface area contributed by atoms with E-state index in [4.69, 9.17) is 11.6 Å². The second-order valence-electron chi connectivity index (χ2n) is 5.15. The second kappa shape index (κ2) is 5.87. The zero-order valence-corrected chi connectivity index (χ0v) is 12.2. The number of carbonyl (C=O) groups is 1. The molecule has 1 saturated heterocycles. The number of aliphatic hydroxyl groups excluding tert-OH is 1. The fourth-order valence-electron chi connectivity index (χ4n) is 2.65. The number of halogens is 1. The molecule has 0 aliphatic carbocycles. The summed E-state index contributed by atoms with van der Waals surface area (Å²) < 4.78 is 0. The van der Waals surface area contributed by atoms with Gasteiger partial charge in [0, 0.05) is 17.1 Å². The maximum absolute atomic E-state index is 12.4. The molecule has 110 valence electrons. The topological polar surface area (TPSA) is 69.2 Å². The van der Waals surface area contributed by atoms with E-state index in [2.05, 4.69) is 10.2 Å². The summed E-state index contributed by atoms with van der Waals surface area (Å²) in [6, 6.07) is 8.95.